The molecule has 0 aliphatic carbocycles. The number of fused-ring (bicyclic) bond motifs is 1. The van der Waals surface area contributed by atoms with Crippen molar-refractivity contribution in [2.75, 3.05) is 24.5 Å². The number of hydrogen-bond donors (Lipinski definition) is 0. The van der Waals surface area contributed by atoms with E-state index in [0.29, 0.717) is 35.1 Å². The van der Waals surface area contributed by atoms with Gasteiger partial charge in [-0.3, -0.25) is 14.5 Å². The fourth-order valence-electron chi connectivity index (χ4n) is 3.45. The first kappa shape index (κ1) is 17.6. The summed E-state index contributed by atoms with van der Waals surface area (Å²) in [6.07, 6.45) is 1.67. The van der Waals surface area contributed by atoms with Crippen molar-refractivity contribution in [2.45, 2.75) is 0 Å². The fourth-order valence-corrected chi connectivity index (χ4v) is 4.14. The molecule has 1 aliphatic heterocycles. The van der Waals surface area contributed by atoms with Crippen LogP contribution in [0.1, 0.15) is 10.4 Å². The number of thiazole rings is 1. The van der Waals surface area contributed by atoms with Gasteiger partial charge in [0.15, 0.2) is 10.9 Å². The number of amides is 2. The summed E-state index contributed by atoms with van der Waals surface area (Å²) in [7, 11) is 0. The molecule has 5 rings (SSSR count). The highest BCUT2D eigenvalue weighted by molar-refractivity contribution is 7.13. The molecule has 3 heterocycles. The van der Waals surface area contributed by atoms with E-state index in [1.54, 1.807) is 34.2 Å². The SMILES string of the molecule is O=C(c1ccc2noc(-c3ccccc3)c2c1)N1CCN(c2nccs2)C(=O)C1. The Labute approximate surface area is 170 Å². The standard InChI is InChI=1S/C21H16N4O3S/c26-18-13-24(9-10-25(18)21-22-8-11-29-21)20(27)15-6-7-17-16(12-15)19(28-23-17)14-4-2-1-3-5-14/h1-8,11-12H,9-10,13H2. The van der Waals surface area contributed by atoms with Crippen LogP contribution in [0.3, 0.4) is 0 Å². The lowest BCUT2D eigenvalue weighted by molar-refractivity contribution is -0.120. The third kappa shape index (κ3) is 3.17. The number of carbonyl (C=O) groups excluding carboxylic acids is 2. The van der Waals surface area contributed by atoms with E-state index in [9.17, 15) is 9.59 Å². The van der Waals surface area contributed by atoms with Gasteiger partial charge in [-0.05, 0) is 18.2 Å². The summed E-state index contributed by atoms with van der Waals surface area (Å²) >= 11 is 1.41. The molecule has 2 amide bonds. The Kier molecular flexibility index (Phi) is 4.33. The first-order chi connectivity index (χ1) is 14.2. The van der Waals surface area contributed by atoms with Gasteiger partial charge < -0.3 is 9.42 Å². The molecule has 0 atom stereocenters. The average Bonchev–Trinajstić information content (AvgIpc) is 3.43. The van der Waals surface area contributed by atoms with Crippen LogP contribution in [-0.2, 0) is 4.79 Å². The normalized spacial score (nSPS) is 14.6. The van der Waals surface area contributed by atoms with Gasteiger partial charge in [-0.1, -0.05) is 35.5 Å². The maximum absolute atomic E-state index is 13.0. The highest BCUT2D eigenvalue weighted by atomic mass is 32.1. The Hall–Kier alpha value is -3.52. The Balaban J connectivity index is 1.41. The van der Waals surface area contributed by atoms with Crippen LogP contribution in [0.15, 0.2) is 64.6 Å². The van der Waals surface area contributed by atoms with Gasteiger partial charge >= 0.3 is 0 Å². The maximum atomic E-state index is 13.0. The predicted molar refractivity (Wildman–Crippen MR) is 110 cm³/mol. The van der Waals surface area contributed by atoms with Gasteiger partial charge in [0.05, 0.1) is 5.39 Å². The molecule has 0 radical (unpaired) electrons. The van der Waals surface area contributed by atoms with Gasteiger partial charge in [0.1, 0.15) is 12.1 Å². The number of rotatable bonds is 3. The van der Waals surface area contributed by atoms with E-state index in [0.717, 1.165) is 10.9 Å². The van der Waals surface area contributed by atoms with E-state index in [1.807, 2.05) is 35.7 Å². The molecule has 29 heavy (non-hydrogen) atoms. The zero-order valence-electron chi connectivity index (χ0n) is 15.3. The molecule has 1 fully saturated rings. The minimum atomic E-state index is -0.181. The number of piperazine rings is 1. The molecule has 2 aromatic heterocycles. The minimum Gasteiger partial charge on any atom is -0.355 e. The lowest BCUT2D eigenvalue weighted by atomic mass is 10.1. The highest BCUT2D eigenvalue weighted by Crippen LogP contribution is 2.29. The molecule has 7 nitrogen and oxygen atoms in total. The van der Waals surface area contributed by atoms with Crippen molar-refractivity contribution in [3.05, 3.63) is 65.7 Å². The van der Waals surface area contributed by atoms with Gasteiger partial charge in [-0.2, -0.15) is 0 Å². The third-order valence-corrected chi connectivity index (χ3v) is 5.71. The van der Waals surface area contributed by atoms with Crippen molar-refractivity contribution >= 4 is 39.2 Å². The summed E-state index contributed by atoms with van der Waals surface area (Å²) in [5.41, 5.74) is 2.09. The van der Waals surface area contributed by atoms with E-state index in [-0.39, 0.29) is 18.4 Å². The van der Waals surface area contributed by atoms with Crippen LogP contribution >= 0.6 is 11.3 Å². The van der Waals surface area contributed by atoms with Crippen molar-refractivity contribution < 1.29 is 14.1 Å². The lowest BCUT2D eigenvalue weighted by Gasteiger charge is -2.32. The van der Waals surface area contributed by atoms with Gasteiger partial charge in [0.2, 0.25) is 5.91 Å². The summed E-state index contributed by atoms with van der Waals surface area (Å²) in [5, 5.41) is 7.36. The smallest absolute Gasteiger partial charge is 0.254 e. The lowest BCUT2D eigenvalue weighted by Crippen LogP contribution is -2.52. The van der Waals surface area contributed by atoms with Crippen LogP contribution in [0.2, 0.25) is 0 Å². The first-order valence-corrected chi connectivity index (χ1v) is 10.0. The largest absolute Gasteiger partial charge is 0.355 e. The topological polar surface area (TPSA) is 79.5 Å². The molecule has 4 aromatic rings. The zero-order chi connectivity index (χ0) is 19.8. The molecule has 0 N–H and O–H groups in total. The van der Waals surface area contributed by atoms with E-state index in [4.69, 9.17) is 4.52 Å². The zero-order valence-corrected chi connectivity index (χ0v) is 16.1. The summed E-state index contributed by atoms with van der Waals surface area (Å²) in [5.74, 6) is 0.315. The second-order valence-corrected chi connectivity index (χ2v) is 7.57. The number of carbonyl (C=O) groups is 2. The number of hydrogen-bond acceptors (Lipinski definition) is 6. The van der Waals surface area contributed by atoms with Crippen molar-refractivity contribution in [1.29, 1.82) is 0 Å². The summed E-state index contributed by atoms with van der Waals surface area (Å²) in [4.78, 5) is 33.0. The van der Waals surface area contributed by atoms with Crippen molar-refractivity contribution in [2.24, 2.45) is 0 Å². The highest BCUT2D eigenvalue weighted by Gasteiger charge is 2.30. The van der Waals surface area contributed by atoms with Crippen molar-refractivity contribution in [3.63, 3.8) is 0 Å². The molecule has 1 aliphatic rings. The van der Waals surface area contributed by atoms with E-state index in [1.165, 1.54) is 11.3 Å². The second kappa shape index (κ2) is 7.14. The summed E-state index contributed by atoms with van der Waals surface area (Å²) in [6.45, 7) is 0.922. The molecular formula is C21H16N4O3S. The van der Waals surface area contributed by atoms with Crippen LogP contribution in [0, 0.1) is 0 Å². The molecule has 0 unspecified atom stereocenters. The van der Waals surface area contributed by atoms with E-state index in [2.05, 4.69) is 10.1 Å². The molecule has 2 aromatic carbocycles. The molecule has 1 saturated heterocycles. The third-order valence-electron chi connectivity index (χ3n) is 4.92. The molecule has 8 heteroatoms. The number of nitrogens with zero attached hydrogens (tertiary/aromatic N) is 4. The Morgan fingerprint density at radius 3 is 2.72 bits per heavy atom. The van der Waals surface area contributed by atoms with Gasteiger partial charge in [-0.15, -0.1) is 11.3 Å². The van der Waals surface area contributed by atoms with E-state index < -0.39 is 0 Å². The average molecular weight is 404 g/mol. The molecule has 0 saturated carbocycles. The maximum Gasteiger partial charge on any atom is 0.254 e. The predicted octanol–water partition coefficient (Wildman–Crippen LogP) is 3.44. The number of anilines is 1. The molecule has 0 bridgehead atoms. The first-order valence-electron chi connectivity index (χ1n) is 9.15. The Morgan fingerprint density at radius 1 is 1.10 bits per heavy atom. The van der Waals surface area contributed by atoms with Gasteiger partial charge in [0, 0.05) is 35.8 Å². The monoisotopic (exact) mass is 404 g/mol. The number of benzene rings is 2. The fraction of sp³-hybridized carbons (Fsp3) is 0.143. The Bertz CT molecular complexity index is 1190. The van der Waals surface area contributed by atoms with Crippen molar-refractivity contribution in [1.82, 2.24) is 15.0 Å². The van der Waals surface area contributed by atoms with Crippen LogP contribution < -0.4 is 4.90 Å². The Morgan fingerprint density at radius 2 is 1.97 bits per heavy atom. The quantitative estimate of drug-likeness (QED) is 0.523. The van der Waals surface area contributed by atoms with Crippen LogP contribution in [-0.4, -0.2) is 46.5 Å². The van der Waals surface area contributed by atoms with Gasteiger partial charge in [-0.25, -0.2) is 4.98 Å². The minimum absolute atomic E-state index is 0.0334. The summed E-state index contributed by atoms with van der Waals surface area (Å²) in [6, 6.07) is 14.9. The van der Waals surface area contributed by atoms with Crippen LogP contribution in [0.4, 0.5) is 5.13 Å². The molecule has 0 spiro atoms. The van der Waals surface area contributed by atoms with Crippen molar-refractivity contribution in [3.8, 4) is 11.3 Å². The van der Waals surface area contributed by atoms with Gasteiger partial charge in [0.25, 0.3) is 5.91 Å². The molecule has 144 valence electrons. The molecular weight excluding hydrogens is 388 g/mol. The number of aromatic nitrogens is 2. The second-order valence-electron chi connectivity index (χ2n) is 6.70. The van der Waals surface area contributed by atoms with E-state index >= 15 is 0 Å². The van der Waals surface area contributed by atoms with Crippen LogP contribution in [0.25, 0.3) is 22.2 Å². The summed E-state index contributed by atoms with van der Waals surface area (Å²) < 4.78 is 5.51. The van der Waals surface area contributed by atoms with Crippen LogP contribution in [0.5, 0.6) is 0 Å².